The van der Waals surface area contributed by atoms with Gasteiger partial charge in [0.05, 0.1) is 0 Å². The number of hydrogen-bond acceptors (Lipinski definition) is 2. The summed E-state index contributed by atoms with van der Waals surface area (Å²) in [4.78, 5) is 10.4. The van der Waals surface area contributed by atoms with Gasteiger partial charge in [0.2, 0.25) is 5.91 Å². The minimum Gasteiger partial charge on any atom is -0.366 e. The van der Waals surface area contributed by atoms with Gasteiger partial charge in [0.1, 0.15) is 0 Å². The van der Waals surface area contributed by atoms with Crippen molar-refractivity contribution in [3.05, 3.63) is 12.2 Å². The summed E-state index contributed by atoms with van der Waals surface area (Å²) in [6.45, 7) is 2.07. The average molecular weight is 154 g/mol. The summed E-state index contributed by atoms with van der Waals surface area (Å²) in [5.74, 6) is 0.145. The number of rotatable bonds is 2. The van der Waals surface area contributed by atoms with Gasteiger partial charge >= 0.3 is 0 Å². The van der Waals surface area contributed by atoms with Crippen molar-refractivity contribution in [3.63, 3.8) is 0 Å². The Bertz CT molecular complexity index is 159. The second-order valence-corrected chi connectivity index (χ2v) is 2.87. The Morgan fingerprint density at radius 2 is 2.45 bits per heavy atom. The predicted molar refractivity (Wildman–Crippen MR) is 43.9 cm³/mol. The topological polar surface area (TPSA) is 55.1 Å². The van der Waals surface area contributed by atoms with Gasteiger partial charge in [-0.15, -0.1) is 0 Å². The molecule has 1 fully saturated rings. The van der Waals surface area contributed by atoms with Crippen LogP contribution in [0, 0.1) is 5.92 Å². The lowest BCUT2D eigenvalue weighted by Crippen LogP contribution is -2.28. The highest BCUT2D eigenvalue weighted by Gasteiger charge is 2.08. The maximum atomic E-state index is 10.4. The fourth-order valence-corrected chi connectivity index (χ4v) is 1.27. The highest BCUT2D eigenvalue weighted by molar-refractivity contribution is 5.85. The molecule has 1 aliphatic rings. The van der Waals surface area contributed by atoms with Crippen LogP contribution in [0.4, 0.5) is 0 Å². The van der Waals surface area contributed by atoms with E-state index in [2.05, 4.69) is 5.32 Å². The van der Waals surface area contributed by atoms with Gasteiger partial charge in [0, 0.05) is 6.54 Å². The van der Waals surface area contributed by atoms with Crippen molar-refractivity contribution in [2.24, 2.45) is 11.7 Å². The van der Waals surface area contributed by atoms with E-state index in [9.17, 15) is 4.79 Å². The smallest absolute Gasteiger partial charge is 0.241 e. The Hall–Kier alpha value is -0.830. The van der Waals surface area contributed by atoms with Gasteiger partial charge in [0.25, 0.3) is 0 Å². The SMILES string of the molecule is NC(=O)C=CC1CCCNC1. The van der Waals surface area contributed by atoms with Crippen LogP contribution in [-0.4, -0.2) is 19.0 Å². The van der Waals surface area contributed by atoms with Gasteiger partial charge in [-0.05, 0) is 31.4 Å². The van der Waals surface area contributed by atoms with Crippen molar-refractivity contribution < 1.29 is 4.79 Å². The molecule has 1 amide bonds. The Kier molecular flexibility index (Phi) is 3.11. The molecule has 1 atom stereocenters. The number of piperidine rings is 1. The zero-order valence-electron chi connectivity index (χ0n) is 6.55. The number of hydrogen-bond donors (Lipinski definition) is 2. The van der Waals surface area contributed by atoms with Gasteiger partial charge in [0.15, 0.2) is 0 Å². The summed E-state index contributed by atoms with van der Waals surface area (Å²) in [7, 11) is 0. The van der Waals surface area contributed by atoms with E-state index in [0.29, 0.717) is 5.92 Å². The van der Waals surface area contributed by atoms with Crippen LogP contribution < -0.4 is 11.1 Å². The first-order valence-corrected chi connectivity index (χ1v) is 3.97. The first-order chi connectivity index (χ1) is 5.29. The lowest BCUT2D eigenvalue weighted by molar-refractivity contribution is -0.113. The molecule has 1 heterocycles. The lowest BCUT2D eigenvalue weighted by atomic mass is 9.99. The van der Waals surface area contributed by atoms with Crippen molar-refractivity contribution in [3.8, 4) is 0 Å². The molecule has 1 saturated heterocycles. The molecule has 62 valence electrons. The van der Waals surface area contributed by atoms with Crippen LogP contribution in [-0.2, 0) is 4.79 Å². The molecule has 3 N–H and O–H groups in total. The maximum absolute atomic E-state index is 10.4. The minimum absolute atomic E-state index is 0.351. The quantitative estimate of drug-likeness (QED) is 0.551. The number of nitrogens with one attached hydrogen (secondary N) is 1. The number of amides is 1. The molecular formula is C8H14N2O. The Balaban J connectivity index is 2.29. The third-order valence-electron chi connectivity index (χ3n) is 1.87. The number of carbonyl (C=O) groups excluding carboxylic acids is 1. The molecule has 0 aliphatic carbocycles. The van der Waals surface area contributed by atoms with Crippen molar-refractivity contribution in [1.82, 2.24) is 5.32 Å². The zero-order valence-corrected chi connectivity index (χ0v) is 6.55. The van der Waals surface area contributed by atoms with Crippen LogP contribution >= 0.6 is 0 Å². The van der Waals surface area contributed by atoms with E-state index in [-0.39, 0.29) is 5.91 Å². The van der Waals surface area contributed by atoms with Gasteiger partial charge in [-0.3, -0.25) is 4.79 Å². The second-order valence-electron chi connectivity index (χ2n) is 2.87. The average Bonchev–Trinajstić information content (AvgIpc) is 2.03. The van der Waals surface area contributed by atoms with Crippen molar-refractivity contribution in [1.29, 1.82) is 0 Å². The Morgan fingerprint density at radius 3 is 3.00 bits per heavy atom. The molecule has 1 rings (SSSR count). The standard InChI is InChI=1S/C8H14N2O/c9-8(11)4-3-7-2-1-5-10-6-7/h3-4,7,10H,1-2,5-6H2,(H2,9,11). The van der Waals surface area contributed by atoms with E-state index in [0.717, 1.165) is 19.5 Å². The fourth-order valence-electron chi connectivity index (χ4n) is 1.27. The molecule has 3 nitrogen and oxygen atoms in total. The summed E-state index contributed by atoms with van der Waals surface area (Å²) >= 11 is 0. The van der Waals surface area contributed by atoms with Crippen molar-refractivity contribution in [2.45, 2.75) is 12.8 Å². The van der Waals surface area contributed by atoms with E-state index in [1.165, 1.54) is 12.5 Å². The Labute approximate surface area is 66.6 Å². The van der Waals surface area contributed by atoms with E-state index < -0.39 is 0 Å². The maximum Gasteiger partial charge on any atom is 0.241 e. The molecule has 11 heavy (non-hydrogen) atoms. The summed E-state index contributed by atoms with van der Waals surface area (Å²) in [5, 5.41) is 3.26. The monoisotopic (exact) mass is 154 g/mol. The number of primary amides is 1. The van der Waals surface area contributed by atoms with Gasteiger partial charge < -0.3 is 11.1 Å². The van der Waals surface area contributed by atoms with Crippen LogP contribution in [0.3, 0.4) is 0 Å². The molecule has 0 aromatic heterocycles. The van der Waals surface area contributed by atoms with Gasteiger partial charge in [-0.25, -0.2) is 0 Å². The number of nitrogens with two attached hydrogens (primary N) is 1. The molecule has 3 heteroatoms. The van der Waals surface area contributed by atoms with Crippen molar-refractivity contribution >= 4 is 5.91 Å². The molecule has 0 aromatic carbocycles. The first kappa shape index (κ1) is 8.27. The Morgan fingerprint density at radius 1 is 1.64 bits per heavy atom. The highest BCUT2D eigenvalue weighted by atomic mass is 16.1. The molecule has 0 aromatic rings. The molecule has 1 aliphatic heterocycles. The first-order valence-electron chi connectivity index (χ1n) is 3.97. The molecule has 0 radical (unpaired) electrons. The summed E-state index contributed by atoms with van der Waals surface area (Å²) < 4.78 is 0. The van der Waals surface area contributed by atoms with Crippen molar-refractivity contribution in [2.75, 3.05) is 13.1 Å². The van der Waals surface area contributed by atoms with E-state index in [1.54, 1.807) is 0 Å². The second kappa shape index (κ2) is 4.13. The van der Waals surface area contributed by atoms with Crippen LogP contribution in [0.25, 0.3) is 0 Å². The van der Waals surface area contributed by atoms with E-state index in [1.807, 2.05) is 6.08 Å². The van der Waals surface area contributed by atoms with Gasteiger partial charge in [-0.2, -0.15) is 0 Å². The minimum atomic E-state index is -0.351. The highest BCUT2D eigenvalue weighted by Crippen LogP contribution is 2.10. The van der Waals surface area contributed by atoms with E-state index >= 15 is 0 Å². The predicted octanol–water partition coefficient (Wildman–Crippen LogP) is 0.0275. The number of carbonyl (C=O) groups is 1. The van der Waals surface area contributed by atoms with Crippen LogP contribution in [0.5, 0.6) is 0 Å². The third kappa shape index (κ3) is 3.18. The van der Waals surface area contributed by atoms with Crippen LogP contribution in [0.2, 0.25) is 0 Å². The molecule has 0 bridgehead atoms. The molecule has 0 saturated carbocycles. The molecular weight excluding hydrogens is 140 g/mol. The lowest BCUT2D eigenvalue weighted by Gasteiger charge is -2.18. The third-order valence-corrected chi connectivity index (χ3v) is 1.87. The normalized spacial score (nSPS) is 25.6. The zero-order chi connectivity index (χ0) is 8.10. The molecule has 1 unspecified atom stereocenters. The van der Waals surface area contributed by atoms with Crippen LogP contribution in [0.1, 0.15) is 12.8 Å². The van der Waals surface area contributed by atoms with Crippen LogP contribution in [0.15, 0.2) is 12.2 Å². The van der Waals surface area contributed by atoms with E-state index in [4.69, 9.17) is 5.73 Å². The summed E-state index contributed by atoms with van der Waals surface area (Å²) in [6.07, 6.45) is 5.71. The summed E-state index contributed by atoms with van der Waals surface area (Å²) in [6, 6.07) is 0. The fraction of sp³-hybridized carbons (Fsp3) is 0.625. The largest absolute Gasteiger partial charge is 0.366 e. The van der Waals surface area contributed by atoms with Gasteiger partial charge in [-0.1, -0.05) is 6.08 Å². The molecule has 0 spiro atoms. The summed E-state index contributed by atoms with van der Waals surface area (Å²) in [5.41, 5.74) is 4.96.